The number of carbonyl (C=O) groups is 1. The van der Waals surface area contributed by atoms with Crippen LogP contribution in [0.15, 0.2) is 0 Å². The van der Waals surface area contributed by atoms with Gasteiger partial charge in [-0.1, -0.05) is 19.3 Å². The SMILES string of the molecule is O=C1CC2(CCCCC2)ONN1. The summed E-state index contributed by atoms with van der Waals surface area (Å²) in [4.78, 5) is 16.5. The van der Waals surface area contributed by atoms with Gasteiger partial charge in [-0.3, -0.25) is 15.1 Å². The first-order valence-electron chi connectivity index (χ1n) is 4.53. The highest BCUT2D eigenvalue weighted by Gasteiger charge is 2.38. The Morgan fingerprint density at radius 3 is 2.67 bits per heavy atom. The normalized spacial score (nSPS) is 28.5. The number of hydrogen-bond acceptors (Lipinski definition) is 3. The molecule has 4 nitrogen and oxygen atoms in total. The molecule has 2 fully saturated rings. The van der Waals surface area contributed by atoms with Gasteiger partial charge in [-0.05, 0) is 12.8 Å². The molecule has 1 spiro atoms. The van der Waals surface area contributed by atoms with Crippen LogP contribution in [0.2, 0.25) is 0 Å². The third-order valence-electron chi connectivity index (χ3n) is 2.71. The zero-order valence-electron chi connectivity index (χ0n) is 7.06. The largest absolute Gasteiger partial charge is 0.275 e. The van der Waals surface area contributed by atoms with Gasteiger partial charge in [0.25, 0.3) is 0 Å². The minimum Gasteiger partial charge on any atom is -0.275 e. The van der Waals surface area contributed by atoms with E-state index in [9.17, 15) is 4.79 Å². The van der Waals surface area contributed by atoms with Gasteiger partial charge in [0.15, 0.2) is 0 Å². The van der Waals surface area contributed by atoms with Crippen molar-refractivity contribution in [2.75, 3.05) is 0 Å². The number of hydrazine groups is 1. The lowest BCUT2D eigenvalue weighted by molar-refractivity contribution is -0.182. The van der Waals surface area contributed by atoms with Crippen molar-refractivity contribution in [1.29, 1.82) is 0 Å². The van der Waals surface area contributed by atoms with E-state index >= 15 is 0 Å². The minimum atomic E-state index is -0.194. The highest BCUT2D eigenvalue weighted by Crippen LogP contribution is 2.34. The van der Waals surface area contributed by atoms with Gasteiger partial charge in [0.1, 0.15) is 5.60 Å². The first-order chi connectivity index (χ1) is 5.81. The Morgan fingerprint density at radius 1 is 1.25 bits per heavy atom. The molecule has 1 aliphatic carbocycles. The summed E-state index contributed by atoms with van der Waals surface area (Å²) in [5.41, 5.74) is 4.74. The molecule has 1 amide bonds. The van der Waals surface area contributed by atoms with Crippen molar-refractivity contribution < 1.29 is 9.63 Å². The molecular weight excluding hydrogens is 156 g/mol. The molecule has 1 heterocycles. The maximum Gasteiger partial charge on any atom is 0.238 e. The highest BCUT2D eigenvalue weighted by molar-refractivity contribution is 5.76. The predicted octanol–water partition coefficient (Wildman–Crippen LogP) is 0.645. The second-order valence-electron chi connectivity index (χ2n) is 3.67. The van der Waals surface area contributed by atoms with E-state index < -0.39 is 0 Å². The molecule has 0 unspecified atom stereocenters. The van der Waals surface area contributed by atoms with Crippen molar-refractivity contribution in [2.45, 2.75) is 44.1 Å². The first kappa shape index (κ1) is 8.01. The molecule has 68 valence electrons. The van der Waals surface area contributed by atoms with E-state index in [1.807, 2.05) is 0 Å². The van der Waals surface area contributed by atoms with Crippen LogP contribution < -0.4 is 11.0 Å². The molecule has 0 aromatic heterocycles. The minimum absolute atomic E-state index is 0.0446. The number of hydrogen-bond donors (Lipinski definition) is 2. The van der Waals surface area contributed by atoms with Crippen LogP contribution in [0.4, 0.5) is 0 Å². The Labute approximate surface area is 71.6 Å². The van der Waals surface area contributed by atoms with E-state index in [2.05, 4.69) is 11.0 Å². The van der Waals surface area contributed by atoms with E-state index in [0.29, 0.717) is 6.42 Å². The molecular formula is C8H14N2O2. The molecule has 12 heavy (non-hydrogen) atoms. The lowest BCUT2D eigenvalue weighted by atomic mass is 9.82. The van der Waals surface area contributed by atoms with Gasteiger partial charge >= 0.3 is 0 Å². The van der Waals surface area contributed by atoms with Crippen molar-refractivity contribution in [3.8, 4) is 0 Å². The number of carbonyl (C=O) groups excluding carboxylic acids is 1. The second-order valence-corrected chi connectivity index (χ2v) is 3.67. The van der Waals surface area contributed by atoms with Crippen molar-refractivity contribution >= 4 is 5.91 Å². The Bertz CT molecular complexity index is 182. The van der Waals surface area contributed by atoms with Crippen LogP contribution >= 0.6 is 0 Å². The van der Waals surface area contributed by atoms with E-state index in [-0.39, 0.29) is 11.5 Å². The molecule has 0 bridgehead atoms. The van der Waals surface area contributed by atoms with Gasteiger partial charge in [-0.25, -0.2) is 0 Å². The summed E-state index contributed by atoms with van der Waals surface area (Å²) in [6, 6.07) is 0. The zero-order valence-corrected chi connectivity index (χ0v) is 7.06. The van der Waals surface area contributed by atoms with E-state index in [4.69, 9.17) is 4.84 Å². The summed E-state index contributed by atoms with van der Waals surface area (Å²) in [5, 5.41) is 0. The molecule has 1 aliphatic heterocycles. The Hall–Kier alpha value is -0.610. The average molecular weight is 170 g/mol. The van der Waals surface area contributed by atoms with Gasteiger partial charge in [-0.2, -0.15) is 0 Å². The van der Waals surface area contributed by atoms with E-state index in [1.165, 1.54) is 19.3 Å². The van der Waals surface area contributed by atoms with Crippen LogP contribution in [0.25, 0.3) is 0 Å². The van der Waals surface area contributed by atoms with Crippen molar-refractivity contribution in [1.82, 2.24) is 11.0 Å². The number of rotatable bonds is 0. The standard InChI is InChI=1S/C8H14N2O2/c11-7-6-8(12-10-9-7)4-2-1-3-5-8/h10H,1-6H2,(H,9,11). The van der Waals surface area contributed by atoms with Crippen molar-refractivity contribution in [3.05, 3.63) is 0 Å². The first-order valence-corrected chi connectivity index (χ1v) is 4.53. The third kappa shape index (κ3) is 1.44. The van der Waals surface area contributed by atoms with Gasteiger partial charge < -0.3 is 0 Å². The van der Waals surface area contributed by atoms with Crippen molar-refractivity contribution in [2.24, 2.45) is 0 Å². The molecule has 1 saturated heterocycles. The monoisotopic (exact) mass is 170 g/mol. The summed E-state index contributed by atoms with van der Waals surface area (Å²) in [6.07, 6.45) is 6.15. The smallest absolute Gasteiger partial charge is 0.238 e. The topological polar surface area (TPSA) is 50.4 Å². The molecule has 0 aromatic rings. The summed E-state index contributed by atoms with van der Waals surface area (Å²) in [6.45, 7) is 0. The molecule has 2 rings (SSSR count). The van der Waals surface area contributed by atoms with Crippen LogP contribution in [-0.4, -0.2) is 11.5 Å². The van der Waals surface area contributed by atoms with Crippen LogP contribution in [-0.2, 0) is 9.63 Å². The zero-order chi connectivity index (χ0) is 8.44. The van der Waals surface area contributed by atoms with Crippen LogP contribution in [0.5, 0.6) is 0 Å². The third-order valence-corrected chi connectivity index (χ3v) is 2.71. The van der Waals surface area contributed by atoms with E-state index in [0.717, 1.165) is 12.8 Å². The fourth-order valence-electron chi connectivity index (χ4n) is 2.04. The lowest BCUT2D eigenvalue weighted by Crippen LogP contribution is -2.55. The Morgan fingerprint density at radius 2 is 2.00 bits per heavy atom. The van der Waals surface area contributed by atoms with Crippen LogP contribution in [0.3, 0.4) is 0 Å². The molecule has 0 atom stereocenters. The quantitative estimate of drug-likeness (QED) is 0.561. The van der Waals surface area contributed by atoms with Gasteiger partial charge in [0.05, 0.1) is 6.42 Å². The fraction of sp³-hybridized carbons (Fsp3) is 0.875. The van der Waals surface area contributed by atoms with Crippen LogP contribution in [0, 0.1) is 0 Å². The summed E-state index contributed by atoms with van der Waals surface area (Å²) in [7, 11) is 0. The summed E-state index contributed by atoms with van der Waals surface area (Å²) in [5.74, 6) is 0.0446. The second kappa shape index (κ2) is 3.03. The maximum absolute atomic E-state index is 11.1. The van der Waals surface area contributed by atoms with Crippen molar-refractivity contribution in [3.63, 3.8) is 0 Å². The van der Waals surface area contributed by atoms with Crippen LogP contribution in [0.1, 0.15) is 38.5 Å². The molecule has 0 aromatic carbocycles. The van der Waals surface area contributed by atoms with Gasteiger partial charge in [0.2, 0.25) is 5.91 Å². The number of amides is 1. The predicted molar refractivity (Wildman–Crippen MR) is 42.8 cm³/mol. The Balaban J connectivity index is 2.02. The Kier molecular flexibility index (Phi) is 2.02. The van der Waals surface area contributed by atoms with E-state index in [1.54, 1.807) is 0 Å². The lowest BCUT2D eigenvalue weighted by Gasteiger charge is -2.38. The summed E-state index contributed by atoms with van der Waals surface area (Å²) >= 11 is 0. The average Bonchev–Trinajstić information content (AvgIpc) is 2.05. The maximum atomic E-state index is 11.1. The number of nitrogens with one attached hydrogen (secondary N) is 2. The van der Waals surface area contributed by atoms with Gasteiger partial charge in [-0.15, -0.1) is 5.59 Å². The molecule has 2 N–H and O–H groups in total. The molecule has 4 heteroatoms. The highest BCUT2D eigenvalue weighted by atomic mass is 16.7. The fourth-order valence-corrected chi connectivity index (χ4v) is 2.04. The summed E-state index contributed by atoms with van der Waals surface area (Å²) < 4.78 is 0. The molecule has 2 aliphatic rings. The molecule has 0 radical (unpaired) electrons. The van der Waals surface area contributed by atoms with Gasteiger partial charge in [0, 0.05) is 0 Å². The molecule has 1 saturated carbocycles.